The Morgan fingerprint density at radius 2 is 1.59 bits per heavy atom. The molecule has 0 spiro atoms. The number of aromatic nitrogens is 2. The molecule has 2 aliphatic rings. The summed E-state index contributed by atoms with van der Waals surface area (Å²) in [5.41, 5.74) is 1.95. The first-order chi connectivity index (χ1) is 15.4. The Morgan fingerprint density at radius 1 is 0.969 bits per heavy atom. The molecule has 8 heteroatoms. The maximum atomic E-state index is 13.5. The van der Waals surface area contributed by atoms with Gasteiger partial charge in [-0.3, -0.25) is 4.79 Å². The topological polar surface area (TPSA) is 84.3 Å². The van der Waals surface area contributed by atoms with Crippen molar-refractivity contribution >= 4 is 15.9 Å². The molecule has 1 aliphatic heterocycles. The number of benzene rings is 1. The third kappa shape index (κ3) is 4.76. The fourth-order valence-electron chi connectivity index (χ4n) is 5.05. The molecule has 1 N–H and O–H groups in total. The molecule has 4 rings (SSSR count). The van der Waals surface area contributed by atoms with Crippen molar-refractivity contribution in [2.45, 2.75) is 76.2 Å². The highest BCUT2D eigenvalue weighted by Gasteiger charge is 2.36. The number of para-hydroxylation sites is 1. The molecule has 7 nitrogen and oxygen atoms in total. The average Bonchev–Trinajstić information content (AvgIpc) is 2.94. The largest absolute Gasteiger partial charge is 0.353 e. The number of nitrogens with one attached hydrogen (secondary N) is 1. The van der Waals surface area contributed by atoms with Gasteiger partial charge < -0.3 is 5.32 Å². The van der Waals surface area contributed by atoms with E-state index in [-0.39, 0.29) is 22.8 Å². The van der Waals surface area contributed by atoms with Gasteiger partial charge in [0.1, 0.15) is 4.90 Å². The summed E-state index contributed by atoms with van der Waals surface area (Å²) >= 11 is 0. The first kappa shape index (κ1) is 23.0. The van der Waals surface area contributed by atoms with Crippen LogP contribution in [0.15, 0.2) is 35.2 Å². The molecule has 0 radical (unpaired) electrons. The van der Waals surface area contributed by atoms with Gasteiger partial charge in [0, 0.05) is 25.0 Å². The second-order valence-corrected chi connectivity index (χ2v) is 11.0. The monoisotopic (exact) mass is 458 g/mol. The average molecular weight is 459 g/mol. The Bertz CT molecular complexity index is 1030. The minimum Gasteiger partial charge on any atom is -0.353 e. The van der Waals surface area contributed by atoms with Crippen molar-refractivity contribution in [2.24, 2.45) is 5.92 Å². The predicted octanol–water partition coefficient (Wildman–Crippen LogP) is 3.73. The van der Waals surface area contributed by atoms with Crippen molar-refractivity contribution in [3.05, 3.63) is 41.7 Å². The summed E-state index contributed by atoms with van der Waals surface area (Å²) in [5.74, 6) is -0.0165. The van der Waals surface area contributed by atoms with Crippen LogP contribution in [0.4, 0.5) is 0 Å². The lowest BCUT2D eigenvalue weighted by Gasteiger charge is -2.31. The van der Waals surface area contributed by atoms with Gasteiger partial charge in [0.2, 0.25) is 15.9 Å². The zero-order chi connectivity index (χ0) is 22.7. The molecule has 0 bridgehead atoms. The third-order valence-electron chi connectivity index (χ3n) is 6.85. The number of hydrogen-bond acceptors (Lipinski definition) is 4. The van der Waals surface area contributed by atoms with E-state index >= 15 is 0 Å². The van der Waals surface area contributed by atoms with Crippen LogP contribution in [0.3, 0.4) is 0 Å². The van der Waals surface area contributed by atoms with Crippen molar-refractivity contribution in [3.63, 3.8) is 0 Å². The van der Waals surface area contributed by atoms with Crippen LogP contribution in [0.25, 0.3) is 5.69 Å². The lowest BCUT2D eigenvalue weighted by Crippen LogP contribution is -2.45. The SMILES string of the molecule is Cc1nn(-c2ccccc2)c(C)c1S(=O)(=O)N1CCC(C(=O)NC2CCCCCC2)CC1. The minimum absolute atomic E-state index is 0.0956. The highest BCUT2D eigenvalue weighted by molar-refractivity contribution is 7.89. The Morgan fingerprint density at radius 3 is 2.22 bits per heavy atom. The van der Waals surface area contributed by atoms with E-state index in [0.29, 0.717) is 37.3 Å². The van der Waals surface area contributed by atoms with Crippen LogP contribution in [-0.4, -0.2) is 47.5 Å². The van der Waals surface area contributed by atoms with Crippen molar-refractivity contribution in [1.82, 2.24) is 19.4 Å². The number of hydrogen-bond donors (Lipinski definition) is 1. The molecule has 1 saturated heterocycles. The Kier molecular flexibility index (Phi) is 7.00. The van der Waals surface area contributed by atoms with Crippen LogP contribution in [0, 0.1) is 19.8 Å². The van der Waals surface area contributed by atoms with E-state index in [9.17, 15) is 13.2 Å². The lowest BCUT2D eigenvalue weighted by molar-refractivity contribution is -0.126. The van der Waals surface area contributed by atoms with Gasteiger partial charge in [-0.25, -0.2) is 13.1 Å². The van der Waals surface area contributed by atoms with Crippen LogP contribution in [0.5, 0.6) is 0 Å². The van der Waals surface area contributed by atoms with Gasteiger partial charge in [0.25, 0.3) is 0 Å². The van der Waals surface area contributed by atoms with Gasteiger partial charge in [-0.15, -0.1) is 0 Å². The molecule has 1 aromatic carbocycles. The van der Waals surface area contributed by atoms with Gasteiger partial charge in [0.05, 0.1) is 17.1 Å². The predicted molar refractivity (Wildman–Crippen MR) is 124 cm³/mol. The quantitative estimate of drug-likeness (QED) is 0.692. The number of amides is 1. The summed E-state index contributed by atoms with van der Waals surface area (Å²) in [7, 11) is -3.67. The van der Waals surface area contributed by atoms with Crippen LogP contribution in [-0.2, 0) is 14.8 Å². The highest BCUT2D eigenvalue weighted by atomic mass is 32.2. The zero-order valence-corrected chi connectivity index (χ0v) is 19.9. The molecule has 1 aromatic heterocycles. The van der Waals surface area contributed by atoms with Crippen LogP contribution >= 0.6 is 0 Å². The molecule has 32 heavy (non-hydrogen) atoms. The summed E-state index contributed by atoms with van der Waals surface area (Å²) in [6.07, 6.45) is 8.09. The molecule has 174 valence electrons. The summed E-state index contributed by atoms with van der Waals surface area (Å²) < 4.78 is 30.2. The van der Waals surface area contributed by atoms with E-state index in [0.717, 1.165) is 18.5 Å². The van der Waals surface area contributed by atoms with Gasteiger partial charge in [-0.1, -0.05) is 43.9 Å². The summed E-state index contributed by atoms with van der Waals surface area (Å²) in [5, 5.41) is 7.74. The molecular weight excluding hydrogens is 424 g/mol. The summed E-state index contributed by atoms with van der Waals surface area (Å²) in [4.78, 5) is 13.1. The van der Waals surface area contributed by atoms with E-state index in [1.165, 1.54) is 30.0 Å². The Balaban J connectivity index is 1.43. The number of rotatable bonds is 5. The first-order valence-corrected chi connectivity index (χ1v) is 13.2. The zero-order valence-electron chi connectivity index (χ0n) is 19.1. The molecule has 0 unspecified atom stereocenters. The molecule has 2 fully saturated rings. The summed E-state index contributed by atoms with van der Waals surface area (Å²) in [6, 6.07) is 9.84. The standard InChI is InChI=1S/C24H34N4O3S/c1-18-23(19(2)28(26-18)22-12-8-5-9-13-22)32(30,31)27-16-14-20(15-17-27)24(29)25-21-10-6-3-4-7-11-21/h5,8-9,12-13,20-21H,3-4,6-7,10-11,14-17H2,1-2H3,(H,25,29). The minimum atomic E-state index is -3.67. The van der Waals surface area contributed by atoms with Crippen LogP contribution in [0.2, 0.25) is 0 Å². The van der Waals surface area contributed by atoms with E-state index in [4.69, 9.17) is 0 Å². The lowest BCUT2D eigenvalue weighted by atomic mass is 9.96. The molecule has 1 saturated carbocycles. The van der Waals surface area contributed by atoms with Gasteiger partial charge >= 0.3 is 0 Å². The Hall–Kier alpha value is -2.19. The van der Waals surface area contributed by atoms with E-state index in [1.54, 1.807) is 18.5 Å². The van der Waals surface area contributed by atoms with Gasteiger partial charge in [0.15, 0.2) is 0 Å². The fourth-order valence-corrected chi connectivity index (χ4v) is 6.88. The molecular formula is C24H34N4O3S. The number of carbonyl (C=O) groups is 1. The number of nitrogens with zero attached hydrogens (tertiary/aromatic N) is 3. The Labute approximate surface area is 191 Å². The first-order valence-electron chi connectivity index (χ1n) is 11.8. The van der Waals surface area contributed by atoms with Crippen molar-refractivity contribution in [3.8, 4) is 5.69 Å². The fraction of sp³-hybridized carbons (Fsp3) is 0.583. The van der Waals surface area contributed by atoms with Crippen molar-refractivity contribution in [1.29, 1.82) is 0 Å². The smallest absolute Gasteiger partial charge is 0.246 e. The van der Waals surface area contributed by atoms with Crippen LogP contribution < -0.4 is 5.32 Å². The molecule has 2 aromatic rings. The normalized spacial score (nSPS) is 19.6. The summed E-state index contributed by atoms with van der Waals surface area (Å²) in [6.45, 7) is 4.26. The van der Waals surface area contributed by atoms with Gasteiger partial charge in [-0.2, -0.15) is 9.40 Å². The number of carbonyl (C=O) groups excluding carboxylic acids is 1. The van der Waals surface area contributed by atoms with E-state index in [2.05, 4.69) is 10.4 Å². The van der Waals surface area contributed by atoms with Crippen LogP contribution in [0.1, 0.15) is 62.8 Å². The third-order valence-corrected chi connectivity index (χ3v) is 9.00. The number of sulfonamides is 1. The molecule has 1 amide bonds. The van der Waals surface area contributed by atoms with Gasteiger partial charge in [-0.05, 0) is 51.7 Å². The number of piperidine rings is 1. The molecule has 2 heterocycles. The second-order valence-electron chi connectivity index (χ2n) is 9.12. The second kappa shape index (κ2) is 9.75. The maximum Gasteiger partial charge on any atom is 0.246 e. The number of aryl methyl sites for hydroxylation is 1. The highest BCUT2D eigenvalue weighted by Crippen LogP contribution is 2.29. The molecule has 0 atom stereocenters. The van der Waals surface area contributed by atoms with Crippen molar-refractivity contribution < 1.29 is 13.2 Å². The van der Waals surface area contributed by atoms with E-state index in [1.807, 2.05) is 30.3 Å². The molecule has 1 aliphatic carbocycles. The maximum absolute atomic E-state index is 13.5. The van der Waals surface area contributed by atoms with Crippen molar-refractivity contribution in [2.75, 3.05) is 13.1 Å². The van der Waals surface area contributed by atoms with E-state index < -0.39 is 10.0 Å².